The van der Waals surface area contributed by atoms with Crippen LogP contribution in [0.2, 0.25) is 0 Å². The van der Waals surface area contributed by atoms with E-state index in [2.05, 4.69) is 10.3 Å². The van der Waals surface area contributed by atoms with Gasteiger partial charge in [0.1, 0.15) is 5.78 Å². The lowest BCUT2D eigenvalue weighted by atomic mass is 10.0. The van der Waals surface area contributed by atoms with E-state index in [1.807, 2.05) is 26.0 Å². The lowest BCUT2D eigenvalue weighted by Gasteiger charge is -2.19. The van der Waals surface area contributed by atoms with Gasteiger partial charge in [-0.3, -0.25) is 9.78 Å². The van der Waals surface area contributed by atoms with Crippen LogP contribution in [-0.2, 0) is 11.3 Å². The Morgan fingerprint density at radius 1 is 1.40 bits per heavy atom. The molecule has 3 nitrogen and oxygen atoms in total. The smallest absolute Gasteiger partial charge is 0.146 e. The summed E-state index contributed by atoms with van der Waals surface area (Å²) in [6, 6.07) is 3.84. The normalized spacial score (nSPS) is 12.8. The van der Waals surface area contributed by atoms with Crippen molar-refractivity contribution < 1.29 is 4.79 Å². The maximum Gasteiger partial charge on any atom is 0.146 e. The molecule has 0 aliphatic rings. The molecule has 0 aliphatic heterocycles. The molecule has 1 aromatic heterocycles. The average Bonchev–Trinajstić information content (AvgIpc) is 2.18. The minimum absolute atomic E-state index is 0.0573. The van der Waals surface area contributed by atoms with Gasteiger partial charge in [0.15, 0.2) is 0 Å². The summed E-state index contributed by atoms with van der Waals surface area (Å²) in [6.45, 7) is 6.44. The quantitative estimate of drug-likeness (QED) is 0.798. The average molecular weight is 206 g/mol. The van der Waals surface area contributed by atoms with Gasteiger partial charge in [-0.1, -0.05) is 13.8 Å². The van der Waals surface area contributed by atoms with Crippen molar-refractivity contribution >= 4 is 5.78 Å². The molecule has 3 heteroatoms. The second kappa shape index (κ2) is 5.61. The number of aromatic nitrogens is 1. The van der Waals surface area contributed by atoms with Crippen molar-refractivity contribution in [1.82, 2.24) is 10.3 Å². The Labute approximate surface area is 90.9 Å². The number of Topliss-reactive ketones (excluding diaryl/α,β-unsaturated/α-hetero) is 1. The Hall–Kier alpha value is -1.22. The lowest BCUT2D eigenvalue weighted by molar-refractivity contribution is -0.120. The monoisotopic (exact) mass is 206 g/mol. The van der Waals surface area contributed by atoms with Gasteiger partial charge >= 0.3 is 0 Å². The van der Waals surface area contributed by atoms with Crippen LogP contribution in [0.3, 0.4) is 0 Å². The summed E-state index contributed by atoms with van der Waals surface area (Å²) in [6.07, 6.45) is 3.52. The maximum absolute atomic E-state index is 11.3. The molecule has 1 aromatic rings. The van der Waals surface area contributed by atoms with Crippen molar-refractivity contribution in [1.29, 1.82) is 0 Å². The highest BCUT2D eigenvalue weighted by molar-refractivity contribution is 5.81. The van der Waals surface area contributed by atoms with Crippen LogP contribution in [0.25, 0.3) is 0 Å². The Kier molecular flexibility index (Phi) is 4.43. The number of hydrogen-bond acceptors (Lipinski definition) is 3. The second-order valence-electron chi connectivity index (χ2n) is 4.07. The highest BCUT2D eigenvalue weighted by Gasteiger charge is 2.16. The third kappa shape index (κ3) is 3.80. The van der Waals surface area contributed by atoms with E-state index in [4.69, 9.17) is 0 Å². The van der Waals surface area contributed by atoms with E-state index in [1.165, 1.54) is 0 Å². The highest BCUT2D eigenvalue weighted by Crippen LogP contribution is 2.04. The minimum Gasteiger partial charge on any atom is -0.303 e. The first-order valence-electron chi connectivity index (χ1n) is 5.24. The van der Waals surface area contributed by atoms with Crippen LogP contribution in [-0.4, -0.2) is 16.8 Å². The number of pyridine rings is 1. The van der Waals surface area contributed by atoms with Gasteiger partial charge in [0.05, 0.1) is 6.04 Å². The number of ketones is 1. The molecule has 0 saturated carbocycles. The summed E-state index contributed by atoms with van der Waals surface area (Å²) in [4.78, 5) is 15.3. The van der Waals surface area contributed by atoms with E-state index >= 15 is 0 Å². The lowest BCUT2D eigenvalue weighted by Crippen LogP contribution is -2.39. The zero-order chi connectivity index (χ0) is 11.3. The van der Waals surface area contributed by atoms with Crippen molar-refractivity contribution in [3.05, 3.63) is 30.1 Å². The number of nitrogens with one attached hydrogen (secondary N) is 1. The second-order valence-corrected chi connectivity index (χ2v) is 4.07. The Balaban J connectivity index is 2.51. The molecule has 0 radical (unpaired) electrons. The van der Waals surface area contributed by atoms with Gasteiger partial charge in [0.2, 0.25) is 0 Å². The molecule has 82 valence electrons. The van der Waals surface area contributed by atoms with Gasteiger partial charge < -0.3 is 5.32 Å². The highest BCUT2D eigenvalue weighted by atomic mass is 16.1. The van der Waals surface area contributed by atoms with Gasteiger partial charge in [-0.25, -0.2) is 0 Å². The molecular weight excluding hydrogens is 188 g/mol. The van der Waals surface area contributed by atoms with E-state index in [1.54, 1.807) is 19.3 Å². The number of hydrogen-bond donors (Lipinski definition) is 1. The summed E-state index contributed by atoms with van der Waals surface area (Å²) in [7, 11) is 0. The predicted molar refractivity (Wildman–Crippen MR) is 60.4 cm³/mol. The molecule has 0 spiro atoms. The molecule has 0 bridgehead atoms. The van der Waals surface area contributed by atoms with Gasteiger partial charge in [0.25, 0.3) is 0 Å². The van der Waals surface area contributed by atoms with Crippen LogP contribution in [0.4, 0.5) is 0 Å². The van der Waals surface area contributed by atoms with E-state index in [9.17, 15) is 4.79 Å². The third-order valence-electron chi connectivity index (χ3n) is 2.38. The first-order valence-corrected chi connectivity index (χ1v) is 5.24. The molecule has 0 aromatic carbocycles. The number of rotatable bonds is 5. The van der Waals surface area contributed by atoms with E-state index in [-0.39, 0.29) is 11.8 Å². The molecule has 1 unspecified atom stereocenters. The van der Waals surface area contributed by atoms with Crippen molar-refractivity contribution in [2.45, 2.75) is 33.4 Å². The Bertz CT molecular complexity index is 309. The van der Waals surface area contributed by atoms with E-state index < -0.39 is 0 Å². The van der Waals surface area contributed by atoms with Crippen LogP contribution >= 0.6 is 0 Å². The summed E-state index contributed by atoms with van der Waals surface area (Å²) in [5.74, 6) is 0.517. The van der Waals surface area contributed by atoms with Crippen molar-refractivity contribution in [3.63, 3.8) is 0 Å². The van der Waals surface area contributed by atoms with Gasteiger partial charge in [-0.05, 0) is 30.5 Å². The summed E-state index contributed by atoms with van der Waals surface area (Å²) >= 11 is 0. The van der Waals surface area contributed by atoms with Crippen LogP contribution in [0.1, 0.15) is 26.3 Å². The molecular formula is C12H18N2O. The predicted octanol–water partition coefficient (Wildman–Crippen LogP) is 1.78. The van der Waals surface area contributed by atoms with Crippen LogP contribution in [0.15, 0.2) is 24.5 Å². The van der Waals surface area contributed by atoms with Crippen molar-refractivity contribution in [3.8, 4) is 0 Å². The molecule has 1 rings (SSSR count). The molecule has 1 heterocycles. The van der Waals surface area contributed by atoms with E-state index in [0.29, 0.717) is 12.5 Å². The van der Waals surface area contributed by atoms with Crippen LogP contribution in [0.5, 0.6) is 0 Å². The number of carbonyl (C=O) groups is 1. The molecule has 1 atom stereocenters. The minimum atomic E-state index is -0.0573. The van der Waals surface area contributed by atoms with E-state index in [0.717, 1.165) is 5.56 Å². The summed E-state index contributed by atoms with van der Waals surface area (Å²) in [5.41, 5.74) is 1.15. The fourth-order valence-corrected chi connectivity index (χ4v) is 1.58. The van der Waals surface area contributed by atoms with Crippen LogP contribution in [0, 0.1) is 5.92 Å². The zero-order valence-electron chi connectivity index (χ0n) is 9.53. The third-order valence-corrected chi connectivity index (χ3v) is 2.38. The molecule has 1 N–H and O–H groups in total. The molecule has 0 saturated heterocycles. The molecule has 0 aliphatic carbocycles. The van der Waals surface area contributed by atoms with Crippen LogP contribution < -0.4 is 5.32 Å². The fourth-order valence-electron chi connectivity index (χ4n) is 1.58. The first-order chi connectivity index (χ1) is 7.11. The number of nitrogens with zero attached hydrogens (tertiary/aromatic N) is 1. The maximum atomic E-state index is 11.3. The SMILES string of the molecule is CC(=O)C(NCc1ccncc1)C(C)C. The number of carbonyl (C=O) groups excluding carboxylic acids is 1. The van der Waals surface area contributed by atoms with Crippen molar-refractivity contribution in [2.24, 2.45) is 5.92 Å². The zero-order valence-corrected chi connectivity index (χ0v) is 9.53. The Morgan fingerprint density at radius 3 is 2.47 bits per heavy atom. The topological polar surface area (TPSA) is 42.0 Å². The van der Waals surface area contributed by atoms with Crippen molar-refractivity contribution in [2.75, 3.05) is 0 Å². The van der Waals surface area contributed by atoms with Gasteiger partial charge in [-0.2, -0.15) is 0 Å². The summed E-state index contributed by atoms with van der Waals surface area (Å²) in [5, 5.41) is 3.26. The summed E-state index contributed by atoms with van der Waals surface area (Å²) < 4.78 is 0. The molecule has 0 amide bonds. The largest absolute Gasteiger partial charge is 0.303 e. The fraction of sp³-hybridized carbons (Fsp3) is 0.500. The molecule has 15 heavy (non-hydrogen) atoms. The van der Waals surface area contributed by atoms with Gasteiger partial charge in [-0.15, -0.1) is 0 Å². The first kappa shape index (κ1) is 11.9. The molecule has 0 fully saturated rings. The van der Waals surface area contributed by atoms with Gasteiger partial charge in [0, 0.05) is 18.9 Å². The standard InChI is InChI=1S/C12H18N2O/c1-9(2)12(10(3)15)14-8-11-4-6-13-7-5-11/h4-7,9,12,14H,8H2,1-3H3. The Morgan fingerprint density at radius 2 is 2.00 bits per heavy atom.